The first-order valence-electron chi connectivity index (χ1n) is 19.9. The molecule has 0 spiro atoms. The van der Waals surface area contributed by atoms with Crippen LogP contribution in [0.4, 0.5) is 0 Å². The molecule has 1 aliphatic heterocycles. The number of amides is 2. The van der Waals surface area contributed by atoms with Crippen LogP contribution < -0.4 is 9.47 Å². The summed E-state index contributed by atoms with van der Waals surface area (Å²) in [6.07, 6.45) is 4.76. The first-order valence-corrected chi connectivity index (χ1v) is 19.9. The Labute approximate surface area is 331 Å². The molecule has 55 heavy (non-hydrogen) atoms. The maximum Gasteiger partial charge on any atom is 0.236 e. The van der Waals surface area contributed by atoms with Crippen molar-refractivity contribution in [3.05, 3.63) is 96.1 Å². The Hall–Kier alpha value is -3.96. The average molecular weight is 761 g/mol. The van der Waals surface area contributed by atoms with Crippen molar-refractivity contribution in [3.63, 3.8) is 0 Å². The minimum absolute atomic E-state index is 0.0756. The Morgan fingerprint density at radius 2 is 1.15 bits per heavy atom. The SMILES string of the molecule is CCCCOc1ccc(OCCCN2CCOCC2)cc1.CN(C(=O)CN(CCO)CC(=O)N(C)C(C)(C)Cc1ccccc1)C(C)(C)Cc1ccccc1. The zero-order chi connectivity index (χ0) is 40.1. The molecule has 2 amide bonds. The minimum Gasteiger partial charge on any atom is -0.494 e. The van der Waals surface area contributed by atoms with Crippen molar-refractivity contribution in [3.8, 4) is 11.5 Å². The second-order valence-corrected chi connectivity index (χ2v) is 15.6. The number of nitrogens with zero attached hydrogens (tertiary/aromatic N) is 4. The van der Waals surface area contributed by atoms with Crippen molar-refractivity contribution in [2.24, 2.45) is 0 Å². The van der Waals surface area contributed by atoms with E-state index in [4.69, 9.17) is 14.2 Å². The monoisotopic (exact) mass is 761 g/mol. The van der Waals surface area contributed by atoms with E-state index in [1.807, 2.05) is 88.4 Å². The van der Waals surface area contributed by atoms with Crippen LogP contribution in [0, 0.1) is 0 Å². The normalized spacial score (nSPS) is 13.5. The van der Waals surface area contributed by atoms with Crippen LogP contribution in [0.1, 0.15) is 65.0 Å². The Morgan fingerprint density at radius 1 is 0.709 bits per heavy atom. The van der Waals surface area contributed by atoms with Crippen LogP contribution in [0.3, 0.4) is 0 Å². The molecule has 1 aliphatic rings. The summed E-state index contributed by atoms with van der Waals surface area (Å²) in [6, 6.07) is 28.1. The molecule has 0 radical (unpaired) electrons. The second-order valence-electron chi connectivity index (χ2n) is 15.6. The van der Waals surface area contributed by atoms with Gasteiger partial charge in [-0.3, -0.25) is 19.4 Å². The molecule has 10 nitrogen and oxygen atoms in total. The van der Waals surface area contributed by atoms with Crippen LogP contribution >= 0.6 is 0 Å². The number of rotatable bonds is 21. The fourth-order valence-corrected chi connectivity index (χ4v) is 6.32. The van der Waals surface area contributed by atoms with Crippen LogP contribution in [0.2, 0.25) is 0 Å². The lowest BCUT2D eigenvalue weighted by Gasteiger charge is -2.39. The molecule has 304 valence electrons. The summed E-state index contributed by atoms with van der Waals surface area (Å²) in [7, 11) is 3.61. The summed E-state index contributed by atoms with van der Waals surface area (Å²) in [5, 5.41) is 9.56. The Morgan fingerprint density at radius 3 is 1.56 bits per heavy atom. The maximum atomic E-state index is 13.1. The van der Waals surface area contributed by atoms with Gasteiger partial charge in [0.2, 0.25) is 11.8 Å². The van der Waals surface area contributed by atoms with Crippen molar-refractivity contribution in [1.29, 1.82) is 0 Å². The number of carbonyl (C=O) groups is 2. The lowest BCUT2D eigenvalue weighted by atomic mass is 9.93. The number of hydrogen-bond donors (Lipinski definition) is 1. The summed E-state index contributed by atoms with van der Waals surface area (Å²) in [6.45, 7) is 17.1. The van der Waals surface area contributed by atoms with Gasteiger partial charge in [0.25, 0.3) is 0 Å². The van der Waals surface area contributed by atoms with Crippen molar-refractivity contribution < 1.29 is 28.9 Å². The van der Waals surface area contributed by atoms with Gasteiger partial charge >= 0.3 is 0 Å². The quantitative estimate of drug-likeness (QED) is 0.128. The van der Waals surface area contributed by atoms with Crippen LogP contribution in [0.25, 0.3) is 0 Å². The van der Waals surface area contributed by atoms with Crippen LogP contribution in [0.5, 0.6) is 11.5 Å². The molecule has 0 unspecified atom stereocenters. The third-order valence-electron chi connectivity index (χ3n) is 10.2. The van der Waals surface area contributed by atoms with Crippen molar-refractivity contribution in [1.82, 2.24) is 19.6 Å². The fraction of sp³-hybridized carbons (Fsp3) is 0.556. The van der Waals surface area contributed by atoms with Gasteiger partial charge in [0, 0.05) is 51.4 Å². The van der Waals surface area contributed by atoms with Crippen LogP contribution in [0.15, 0.2) is 84.9 Å². The molecule has 0 aromatic heterocycles. The van der Waals surface area contributed by atoms with Crippen molar-refractivity contribution >= 4 is 11.8 Å². The van der Waals surface area contributed by atoms with E-state index in [0.717, 1.165) is 101 Å². The number of benzene rings is 3. The molecule has 0 bridgehead atoms. The van der Waals surface area contributed by atoms with Gasteiger partial charge in [0.1, 0.15) is 11.5 Å². The zero-order valence-electron chi connectivity index (χ0n) is 34.7. The van der Waals surface area contributed by atoms with E-state index in [9.17, 15) is 14.7 Å². The van der Waals surface area contributed by atoms with Crippen LogP contribution in [-0.2, 0) is 27.2 Å². The second kappa shape index (κ2) is 23.8. The molecule has 3 aromatic rings. The van der Waals surface area contributed by atoms with E-state index in [-0.39, 0.29) is 49.1 Å². The van der Waals surface area contributed by atoms with Gasteiger partial charge < -0.3 is 29.1 Å². The first-order chi connectivity index (χ1) is 26.3. The number of unbranched alkanes of at least 4 members (excludes halogenated alkanes) is 1. The van der Waals surface area contributed by atoms with E-state index >= 15 is 0 Å². The smallest absolute Gasteiger partial charge is 0.236 e. The lowest BCUT2D eigenvalue weighted by Crippen LogP contribution is -2.53. The first kappa shape index (κ1) is 45.4. The van der Waals surface area contributed by atoms with Gasteiger partial charge in [-0.15, -0.1) is 0 Å². The predicted octanol–water partition coefficient (Wildman–Crippen LogP) is 6.21. The molecule has 1 heterocycles. The summed E-state index contributed by atoms with van der Waals surface area (Å²) in [4.78, 5) is 33.9. The number of carbonyl (C=O) groups excluding carboxylic acids is 2. The third kappa shape index (κ3) is 16.7. The van der Waals surface area contributed by atoms with E-state index < -0.39 is 0 Å². The fourth-order valence-electron chi connectivity index (χ4n) is 6.32. The molecular formula is C45H68N4O6. The average Bonchev–Trinajstić information content (AvgIpc) is 3.17. The highest BCUT2D eigenvalue weighted by atomic mass is 16.5. The molecule has 0 aliphatic carbocycles. The molecule has 0 atom stereocenters. The lowest BCUT2D eigenvalue weighted by molar-refractivity contribution is -0.139. The van der Waals surface area contributed by atoms with Gasteiger partial charge in [-0.25, -0.2) is 0 Å². The van der Waals surface area contributed by atoms with Gasteiger partial charge in [-0.1, -0.05) is 74.0 Å². The summed E-state index contributed by atoms with van der Waals surface area (Å²) < 4.78 is 16.7. The summed E-state index contributed by atoms with van der Waals surface area (Å²) in [5.74, 6) is 1.69. The zero-order valence-corrected chi connectivity index (χ0v) is 34.7. The number of aliphatic hydroxyl groups excluding tert-OH is 1. The summed E-state index contributed by atoms with van der Waals surface area (Å²) >= 11 is 0. The minimum atomic E-state index is -0.387. The van der Waals surface area contributed by atoms with E-state index in [1.54, 1.807) is 28.8 Å². The van der Waals surface area contributed by atoms with Crippen molar-refractivity contribution in [2.45, 2.75) is 77.8 Å². The molecule has 1 N–H and O–H groups in total. The van der Waals surface area contributed by atoms with Gasteiger partial charge in [-0.05, 0) is 88.8 Å². The molecule has 1 fully saturated rings. The highest BCUT2D eigenvalue weighted by molar-refractivity contribution is 5.82. The number of aliphatic hydroxyl groups is 1. The molecule has 4 rings (SSSR count). The highest BCUT2D eigenvalue weighted by Gasteiger charge is 2.32. The van der Waals surface area contributed by atoms with Gasteiger partial charge in [0.15, 0.2) is 0 Å². The topological polar surface area (TPSA) is 95.0 Å². The Balaban J connectivity index is 0.000000330. The van der Waals surface area contributed by atoms with E-state index in [2.05, 4.69) is 36.1 Å². The Kier molecular flexibility index (Phi) is 19.7. The largest absolute Gasteiger partial charge is 0.494 e. The number of likely N-dealkylation sites (N-methyl/N-ethyl adjacent to an activating group) is 2. The number of hydrogen-bond acceptors (Lipinski definition) is 8. The van der Waals surface area contributed by atoms with Crippen LogP contribution in [-0.4, -0.2) is 134 Å². The molecule has 0 saturated carbocycles. The van der Waals surface area contributed by atoms with Crippen molar-refractivity contribution in [2.75, 3.05) is 86.4 Å². The molecule has 10 heteroatoms. The summed E-state index contributed by atoms with van der Waals surface area (Å²) in [5.41, 5.74) is 1.55. The third-order valence-corrected chi connectivity index (χ3v) is 10.2. The number of morpholine rings is 1. The van der Waals surface area contributed by atoms with Gasteiger partial charge in [0.05, 0.1) is 46.1 Å². The number of ether oxygens (including phenoxy) is 3. The van der Waals surface area contributed by atoms with Gasteiger partial charge in [-0.2, -0.15) is 0 Å². The Bertz CT molecular complexity index is 1420. The van der Waals surface area contributed by atoms with E-state index in [1.165, 1.54) is 0 Å². The molecular weight excluding hydrogens is 693 g/mol. The van der Waals surface area contributed by atoms with E-state index in [0.29, 0.717) is 0 Å². The highest BCUT2D eigenvalue weighted by Crippen LogP contribution is 2.22. The molecule has 1 saturated heterocycles. The predicted molar refractivity (Wildman–Crippen MR) is 222 cm³/mol. The maximum absolute atomic E-state index is 13.1. The standard InChI is InChI=1S/C28H41N3O3.C17H27NO3/c1-27(2,19-23-13-9-7-10-14-23)29(5)25(33)21-31(17-18-32)22-26(34)30(6)28(3,4)20-24-15-11-8-12-16-24;1-2-3-12-20-16-5-7-17(8-6-16)21-13-4-9-18-10-14-19-15-11-18/h7-16,32H,17-22H2,1-6H3;5-8H,2-4,9-15H2,1H3. The molecule has 3 aromatic carbocycles.